The Morgan fingerprint density at radius 3 is 2.00 bits per heavy atom. The third-order valence-electron chi connectivity index (χ3n) is 1.40. The zero-order valence-electron chi connectivity index (χ0n) is 7.41. The largest absolute Gasteiger partial charge is 0.259 e. The van der Waals surface area contributed by atoms with Gasteiger partial charge in [0, 0.05) is 12.1 Å². The summed E-state index contributed by atoms with van der Waals surface area (Å²) < 4.78 is 4.42. The fourth-order valence-electron chi connectivity index (χ4n) is 0.999. The molecule has 1 aliphatic heterocycles. The fourth-order valence-corrected chi connectivity index (χ4v) is 1.60. The molecule has 1 atom stereocenters. The number of halogens is 1. The van der Waals surface area contributed by atoms with Gasteiger partial charge in [0.15, 0.2) is 0 Å². The van der Waals surface area contributed by atoms with Gasteiger partial charge in [-0.1, -0.05) is 0 Å². The van der Waals surface area contributed by atoms with E-state index in [1.54, 1.807) is 0 Å². The van der Waals surface area contributed by atoms with E-state index in [0.29, 0.717) is 12.1 Å². The molecule has 66 valence electrons. The van der Waals surface area contributed by atoms with E-state index in [-0.39, 0.29) is 25.3 Å². The molecule has 1 aliphatic rings. The van der Waals surface area contributed by atoms with E-state index in [0.717, 1.165) is 0 Å². The molecule has 0 saturated heterocycles. The molecule has 0 bridgehead atoms. The second-order valence-electron chi connectivity index (χ2n) is 3.14. The summed E-state index contributed by atoms with van der Waals surface area (Å²) in [5.41, 5.74) is 0. The molecule has 0 fully saturated rings. The summed E-state index contributed by atoms with van der Waals surface area (Å²) in [6, 6.07) is 0.907. The van der Waals surface area contributed by atoms with E-state index < -0.39 is 0 Å². The van der Waals surface area contributed by atoms with Crippen molar-refractivity contribution in [3.8, 4) is 0 Å². The van der Waals surface area contributed by atoms with Crippen molar-refractivity contribution in [3.63, 3.8) is 0 Å². The predicted molar refractivity (Wildman–Crippen MR) is 53.4 cm³/mol. The summed E-state index contributed by atoms with van der Waals surface area (Å²) in [5.74, 6) is 0. The summed E-state index contributed by atoms with van der Waals surface area (Å²) in [4.78, 5) is 5.60. The third kappa shape index (κ3) is 3.13. The Morgan fingerprint density at radius 2 is 1.73 bits per heavy atom. The summed E-state index contributed by atoms with van der Waals surface area (Å²) in [6.45, 7) is 8.56. The van der Waals surface area contributed by atoms with Crippen LogP contribution in [-0.2, 0) is 4.84 Å². The predicted octanol–water partition coefficient (Wildman–Crippen LogP) is 2.49. The van der Waals surface area contributed by atoms with Gasteiger partial charge in [0.1, 0.15) is 0 Å². The van der Waals surface area contributed by atoms with Gasteiger partial charge in [-0.3, -0.25) is 4.84 Å². The van der Waals surface area contributed by atoms with Crippen LogP contribution >= 0.6 is 21.0 Å². The molecule has 0 aromatic carbocycles. The molecule has 11 heavy (non-hydrogen) atoms. The molecule has 0 spiro atoms. The van der Waals surface area contributed by atoms with Gasteiger partial charge in [-0.2, -0.15) is 5.06 Å². The Hall–Kier alpha value is 0.450. The number of nitrogens with zero attached hydrogens (tertiary/aromatic N) is 2. The average molecular weight is 270 g/mol. The van der Waals surface area contributed by atoms with E-state index in [1.807, 2.05) is 5.06 Å². The van der Waals surface area contributed by atoms with E-state index >= 15 is 0 Å². The van der Waals surface area contributed by atoms with E-state index in [4.69, 9.17) is 4.84 Å². The molecule has 0 aliphatic carbocycles. The van der Waals surface area contributed by atoms with Crippen molar-refractivity contribution in [1.82, 2.24) is 5.06 Å². The second kappa shape index (κ2) is 3.91. The van der Waals surface area contributed by atoms with Gasteiger partial charge in [0.2, 0.25) is 4.23 Å². The minimum atomic E-state index is 0.0505. The minimum Gasteiger partial charge on any atom is -0.259 e. The maximum Gasteiger partial charge on any atom is 0.235 e. The van der Waals surface area contributed by atoms with Crippen LogP contribution in [0.1, 0.15) is 27.7 Å². The Kier molecular flexibility index (Phi) is 3.39. The molecular formula is C7H15IN2O. The number of alkyl halides is 1. The summed E-state index contributed by atoms with van der Waals surface area (Å²) in [6.07, 6.45) is 0. The van der Waals surface area contributed by atoms with Crippen LogP contribution < -0.4 is 0 Å². The molecule has 4 heteroatoms. The highest BCUT2D eigenvalue weighted by Crippen LogP contribution is 2.33. The second-order valence-corrected chi connectivity index (χ2v) is 5.32. The first-order valence-electron chi connectivity index (χ1n) is 3.89. The number of hydrogen-bond donors (Lipinski definition) is 0. The highest BCUT2D eigenvalue weighted by molar-refractivity contribution is 14.2. The lowest BCUT2D eigenvalue weighted by atomic mass is 10.3. The quantitative estimate of drug-likeness (QED) is 0.339. The van der Waals surface area contributed by atoms with Crippen LogP contribution in [0, 0.1) is 0 Å². The van der Waals surface area contributed by atoms with Gasteiger partial charge in [-0.15, -0.1) is 0 Å². The SMILES string of the molecule is CC(C)N(OC1N=I1)C(C)C. The maximum absolute atomic E-state index is 5.60. The van der Waals surface area contributed by atoms with Gasteiger partial charge < -0.3 is 0 Å². The highest BCUT2D eigenvalue weighted by Gasteiger charge is 2.23. The first-order chi connectivity index (χ1) is 5.11. The Morgan fingerprint density at radius 1 is 1.27 bits per heavy atom. The van der Waals surface area contributed by atoms with E-state index in [2.05, 4.69) is 30.8 Å². The van der Waals surface area contributed by atoms with Crippen LogP contribution in [0.4, 0.5) is 0 Å². The molecule has 3 nitrogen and oxygen atoms in total. The topological polar surface area (TPSA) is 24.8 Å². The molecule has 0 aromatic heterocycles. The van der Waals surface area contributed by atoms with Crippen molar-refractivity contribution >= 4 is 21.0 Å². The van der Waals surface area contributed by atoms with Gasteiger partial charge in [0.05, 0.1) is 21.0 Å². The van der Waals surface area contributed by atoms with Crippen molar-refractivity contribution in [2.24, 2.45) is 3.15 Å². The van der Waals surface area contributed by atoms with Crippen LogP contribution in [0.15, 0.2) is 3.15 Å². The molecule has 0 amide bonds. The first kappa shape index (κ1) is 9.54. The Bertz CT molecular complexity index is 145. The molecule has 0 radical (unpaired) electrons. The van der Waals surface area contributed by atoms with Gasteiger partial charge in [-0.25, -0.2) is 3.15 Å². The van der Waals surface area contributed by atoms with Crippen molar-refractivity contribution in [2.45, 2.75) is 44.0 Å². The van der Waals surface area contributed by atoms with Crippen molar-refractivity contribution in [2.75, 3.05) is 0 Å². The normalized spacial score (nSPS) is 23.0. The monoisotopic (exact) mass is 270 g/mol. The smallest absolute Gasteiger partial charge is 0.235 e. The Balaban J connectivity index is 2.31. The van der Waals surface area contributed by atoms with Gasteiger partial charge >= 0.3 is 0 Å². The van der Waals surface area contributed by atoms with Crippen molar-refractivity contribution in [1.29, 1.82) is 0 Å². The van der Waals surface area contributed by atoms with Crippen molar-refractivity contribution < 1.29 is 4.84 Å². The lowest BCUT2D eigenvalue weighted by Gasteiger charge is -2.28. The van der Waals surface area contributed by atoms with Crippen LogP contribution in [0.3, 0.4) is 0 Å². The summed E-state index contributed by atoms with van der Waals surface area (Å²) >= 11 is 0.0505. The highest BCUT2D eigenvalue weighted by atomic mass is 127. The zero-order valence-corrected chi connectivity index (χ0v) is 9.57. The van der Waals surface area contributed by atoms with Crippen molar-refractivity contribution in [3.05, 3.63) is 0 Å². The molecule has 0 aromatic rings. The third-order valence-corrected chi connectivity index (χ3v) is 2.64. The van der Waals surface area contributed by atoms with Crippen LogP contribution in [0.25, 0.3) is 0 Å². The zero-order chi connectivity index (χ0) is 8.43. The first-order valence-corrected chi connectivity index (χ1v) is 6.10. The summed E-state index contributed by atoms with van der Waals surface area (Å²) in [5, 5.41) is 2.03. The molecule has 0 saturated carbocycles. The van der Waals surface area contributed by atoms with Crippen LogP contribution in [0.2, 0.25) is 0 Å². The molecule has 0 N–H and O–H groups in total. The number of rotatable bonds is 4. The van der Waals surface area contributed by atoms with Crippen LogP contribution in [0.5, 0.6) is 0 Å². The summed E-state index contributed by atoms with van der Waals surface area (Å²) in [7, 11) is 0. The molecule has 1 unspecified atom stereocenters. The van der Waals surface area contributed by atoms with E-state index in [1.165, 1.54) is 0 Å². The minimum absolute atomic E-state index is 0.0505. The van der Waals surface area contributed by atoms with E-state index in [9.17, 15) is 0 Å². The average Bonchev–Trinajstić information content (AvgIpc) is 2.63. The maximum atomic E-state index is 5.60. The van der Waals surface area contributed by atoms with Gasteiger partial charge in [-0.05, 0) is 27.7 Å². The number of hydrogen-bond acceptors (Lipinski definition) is 3. The van der Waals surface area contributed by atoms with Crippen LogP contribution in [-0.4, -0.2) is 21.4 Å². The lowest BCUT2D eigenvalue weighted by molar-refractivity contribution is -0.199. The standard InChI is InChI=1S/C7H15IN2O/c1-5(2)10(6(3)4)11-7-8-9-7/h5-7H,1-4H3. The Labute approximate surface area is 78.2 Å². The molecular weight excluding hydrogens is 255 g/mol. The fraction of sp³-hybridized carbons (Fsp3) is 1.00. The van der Waals surface area contributed by atoms with Gasteiger partial charge in [0.25, 0.3) is 0 Å². The molecule has 1 heterocycles. The lowest BCUT2D eigenvalue weighted by Crippen LogP contribution is -2.37. The number of hydroxylamine groups is 2. The molecule has 1 rings (SSSR count).